The zero-order chi connectivity index (χ0) is 19.8. The van der Waals surface area contributed by atoms with Crippen LogP contribution in [0.4, 0.5) is 5.69 Å². The molecule has 0 bridgehead atoms. The highest BCUT2D eigenvalue weighted by molar-refractivity contribution is 5.99. The minimum atomic E-state index is -0.189. The lowest BCUT2D eigenvalue weighted by atomic mass is 10.0. The highest BCUT2D eigenvalue weighted by Crippen LogP contribution is 2.39. The van der Waals surface area contributed by atoms with Gasteiger partial charge in [-0.05, 0) is 48.7 Å². The predicted octanol–water partition coefficient (Wildman–Crippen LogP) is 3.16. The number of carbonyl (C=O) groups excluding carboxylic acids is 2. The average molecular weight is 394 g/mol. The van der Waals surface area contributed by atoms with E-state index < -0.39 is 0 Å². The lowest BCUT2D eigenvalue weighted by Crippen LogP contribution is -2.31. The molecule has 1 atom stereocenters. The summed E-state index contributed by atoms with van der Waals surface area (Å²) < 4.78 is 17.0. The molecule has 2 amide bonds. The van der Waals surface area contributed by atoms with E-state index in [0.29, 0.717) is 36.8 Å². The molecule has 2 aromatic rings. The standard InChI is InChI=1S/C22H22N2O5/c25-21-13-29-19-12-15(4-6-16(19)23-21)22(26)24-8-1-3-17(24)14-5-7-18-20(11-14)28-10-2-9-27-18/h4-7,11-12,17H,1-3,8-10,13H2,(H,23,25)/t17-/m1/s1. The SMILES string of the molecule is O=C1COc2cc(C(=O)N3CCC[C@@H]3c3ccc4c(c3)OCCCO4)ccc2N1. The van der Waals surface area contributed by atoms with Crippen LogP contribution < -0.4 is 19.5 Å². The Labute approximate surface area is 168 Å². The number of nitrogens with one attached hydrogen (secondary N) is 1. The molecule has 0 aromatic heterocycles. The van der Waals surface area contributed by atoms with E-state index in [1.165, 1.54) is 0 Å². The van der Waals surface area contributed by atoms with Gasteiger partial charge in [0.1, 0.15) is 5.75 Å². The molecule has 3 heterocycles. The molecule has 1 N–H and O–H groups in total. The summed E-state index contributed by atoms with van der Waals surface area (Å²) in [4.78, 5) is 26.6. The van der Waals surface area contributed by atoms with Gasteiger partial charge in [0.05, 0.1) is 24.9 Å². The van der Waals surface area contributed by atoms with E-state index >= 15 is 0 Å². The Morgan fingerprint density at radius 2 is 1.83 bits per heavy atom. The second-order valence-corrected chi connectivity index (χ2v) is 7.46. The normalized spacial score (nSPS) is 20.3. The molecule has 0 saturated carbocycles. The van der Waals surface area contributed by atoms with Crippen LogP contribution in [-0.4, -0.2) is 43.1 Å². The summed E-state index contributed by atoms with van der Waals surface area (Å²) in [5, 5.41) is 2.75. The molecular weight excluding hydrogens is 372 g/mol. The maximum Gasteiger partial charge on any atom is 0.262 e. The lowest BCUT2D eigenvalue weighted by Gasteiger charge is -2.26. The molecule has 2 aromatic carbocycles. The molecular formula is C22H22N2O5. The highest BCUT2D eigenvalue weighted by atomic mass is 16.5. The Morgan fingerprint density at radius 3 is 2.72 bits per heavy atom. The quantitative estimate of drug-likeness (QED) is 0.847. The van der Waals surface area contributed by atoms with Gasteiger partial charge in [-0.15, -0.1) is 0 Å². The Kier molecular flexibility index (Phi) is 4.50. The van der Waals surface area contributed by atoms with Crippen molar-refractivity contribution in [1.82, 2.24) is 4.90 Å². The van der Waals surface area contributed by atoms with Crippen molar-refractivity contribution in [3.05, 3.63) is 47.5 Å². The van der Waals surface area contributed by atoms with Gasteiger partial charge in [0.2, 0.25) is 0 Å². The van der Waals surface area contributed by atoms with Crippen molar-refractivity contribution in [2.24, 2.45) is 0 Å². The molecule has 5 rings (SSSR count). The van der Waals surface area contributed by atoms with Gasteiger partial charge in [0, 0.05) is 18.5 Å². The number of hydrogen-bond donors (Lipinski definition) is 1. The summed E-state index contributed by atoms with van der Waals surface area (Å²) in [7, 11) is 0. The second kappa shape index (κ2) is 7.31. The van der Waals surface area contributed by atoms with E-state index in [2.05, 4.69) is 5.32 Å². The van der Waals surface area contributed by atoms with Gasteiger partial charge < -0.3 is 24.4 Å². The van der Waals surface area contributed by atoms with Gasteiger partial charge in [-0.25, -0.2) is 0 Å². The van der Waals surface area contributed by atoms with Gasteiger partial charge in [-0.2, -0.15) is 0 Å². The van der Waals surface area contributed by atoms with Crippen LogP contribution in [0.3, 0.4) is 0 Å². The number of hydrogen-bond acceptors (Lipinski definition) is 5. The Morgan fingerprint density at radius 1 is 0.966 bits per heavy atom. The number of rotatable bonds is 2. The first-order valence-corrected chi connectivity index (χ1v) is 9.96. The summed E-state index contributed by atoms with van der Waals surface area (Å²) in [6.45, 7) is 1.96. The van der Waals surface area contributed by atoms with Gasteiger partial charge in [-0.1, -0.05) is 6.07 Å². The summed E-state index contributed by atoms with van der Waals surface area (Å²) in [5.41, 5.74) is 2.21. The van der Waals surface area contributed by atoms with Crippen molar-refractivity contribution < 1.29 is 23.8 Å². The largest absolute Gasteiger partial charge is 0.490 e. The second-order valence-electron chi connectivity index (χ2n) is 7.46. The number of anilines is 1. The zero-order valence-electron chi connectivity index (χ0n) is 16.0. The van der Waals surface area contributed by atoms with Gasteiger partial charge in [0.15, 0.2) is 18.1 Å². The van der Waals surface area contributed by atoms with Crippen LogP contribution in [0.15, 0.2) is 36.4 Å². The Hall–Kier alpha value is -3.22. The number of likely N-dealkylation sites (tertiary alicyclic amines) is 1. The summed E-state index contributed by atoms with van der Waals surface area (Å²) in [6.07, 6.45) is 2.71. The molecule has 0 spiro atoms. The van der Waals surface area contributed by atoms with Crippen LogP contribution in [0, 0.1) is 0 Å². The van der Waals surface area contributed by atoms with E-state index in [0.717, 1.165) is 36.3 Å². The third kappa shape index (κ3) is 3.37. The first-order valence-electron chi connectivity index (χ1n) is 9.96. The highest BCUT2D eigenvalue weighted by Gasteiger charge is 2.32. The fraction of sp³-hybridized carbons (Fsp3) is 0.364. The molecule has 7 nitrogen and oxygen atoms in total. The molecule has 3 aliphatic rings. The summed E-state index contributed by atoms with van der Waals surface area (Å²) in [6, 6.07) is 11.1. The maximum absolute atomic E-state index is 13.3. The molecule has 0 unspecified atom stereocenters. The topological polar surface area (TPSA) is 77.1 Å². The molecule has 29 heavy (non-hydrogen) atoms. The Bertz CT molecular complexity index is 974. The van der Waals surface area contributed by atoms with Crippen molar-refractivity contribution >= 4 is 17.5 Å². The van der Waals surface area contributed by atoms with Crippen LogP contribution in [-0.2, 0) is 4.79 Å². The molecule has 7 heteroatoms. The minimum Gasteiger partial charge on any atom is -0.490 e. The zero-order valence-corrected chi connectivity index (χ0v) is 16.0. The molecule has 0 radical (unpaired) electrons. The van der Waals surface area contributed by atoms with Crippen molar-refractivity contribution in [1.29, 1.82) is 0 Å². The number of nitrogens with zero attached hydrogens (tertiary/aromatic N) is 1. The molecule has 150 valence electrons. The van der Waals surface area contributed by atoms with E-state index in [-0.39, 0.29) is 24.5 Å². The number of amides is 2. The summed E-state index contributed by atoms with van der Waals surface area (Å²) in [5.74, 6) is 1.81. The van der Waals surface area contributed by atoms with Crippen molar-refractivity contribution in [3.8, 4) is 17.2 Å². The first kappa shape index (κ1) is 17.8. The number of carbonyl (C=O) groups is 2. The van der Waals surface area contributed by atoms with E-state index in [1.54, 1.807) is 18.2 Å². The molecule has 1 saturated heterocycles. The van der Waals surface area contributed by atoms with Crippen molar-refractivity contribution in [2.75, 3.05) is 31.7 Å². The Balaban J connectivity index is 1.40. The van der Waals surface area contributed by atoms with Crippen LogP contribution in [0.5, 0.6) is 17.2 Å². The van der Waals surface area contributed by atoms with Crippen LogP contribution in [0.2, 0.25) is 0 Å². The number of ether oxygens (including phenoxy) is 3. The first-order chi connectivity index (χ1) is 14.2. The number of fused-ring (bicyclic) bond motifs is 2. The molecule has 3 aliphatic heterocycles. The predicted molar refractivity (Wildman–Crippen MR) is 106 cm³/mol. The number of benzene rings is 2. The molecule has 1 fully saturated rings. The van der Waals surface area contributed by atoms with Crippen LogP contribution in [0.1, 0.15) is 41.2 Å². The smallest absolute Gasteiger partial charge is 0.262 e. The lowest BCUT2D eigenvalue weighted by molar-refractivity contribution is -0.118. The van der Waals surface area contributed by atoms with E-state index in [9.17, 15) is 9.59 Å². The van der Waals surface area contributed by atoms with E-state index in [4.69, 9.17) is 14.2 Å². The third-order valence-electron chi connectivity index (χ3n) is 5.53. The van der Waals surface area contributed by atoms with Crippen molar-refractivity contribution in [3.63, 3.8) is 0 Å². The summed E-state index contributed by atoms with van der Waals surface area (Å²) >= 11 is 0. The van der Waals surface area contributed by atoms with Gasteiger partial charge in [-0.3, -0.25) is 9.59 Å². The average Bonchev–Trinajstić information content (AvgIpc) is 3.11. The van der Waals surface area contributed by atoms with Gasteiger partial charge in [0.25, 0.3) is 11.8 Å². The maximum atomic E-state index is 13.3. The monoisotopic (exact) mass is 394 g/mol. The fourth-order valence-electron chi connectivity index (χ4n) is 4.12. The van der Waals surface area contributed by atoms with Crippen molar-refractivity contribution in [2.45, 2.75) is 25.3 Å². The molecule has 0 aliphatic carbocycles. The third-order valence-corrected chi connectivity index (χ3v) is 5.53. The van der Waals surface area contributed by atoms with Gasteiger partial charge >= 0.3 is 0 Å². The van der Waals surface area contributed by atoms with E-state index in [1.807, 2.05) is 23.1 Å². The van der Waals surface area contributed by atoms with Crippen LogP contribution >= 0.6 is 0 Å². The fourth-order valence-corrected chi connectivity index (χ4v) is 4.12. The van der Waals surface area contributed by atoms with Crippen LogP contribution in [0.25, 0.3) is 0 Å². The minimum absolute atomic E-state index is 0.00342.